The number of benzene rings is 2. The number of aliphatic hydroxyl groups excluding tert-OH is 1. The molecule has 2 aromatic heterocycles. The number of aromatic amines is 2. The van der Waals surface area contributed by atoms with E-state index < -0.39 is 5.41 Å². The van der Waals surface area contributed by atoms with Gasteiger partial charge in [-0.2, -0.15) is 0 Å². The molecule has 6 heterocycles. The Hall–Kier alpha value is -3.59. The number of H-pyrrole nitrogens is 2. The van der Waals surface area contributed by atoms with E-state index in [0.29, 0.717) is 24.8 Å². The van der Waals surface area contributed by atoms with E-state index in [-0.39, 0.29) is 30.5 Å². The van der Waals surface area contributed by atoms with Crippen LogP contribution in [0.4, 0.5) is 0 Å². The average Bonchev–Trinajstić information content (AvgIpc) is 3.66. The Labute approximate surface area is 295 Å². The Bertz CT molecular complexity index is 2010. The number of carbonyl (C=O) groups is 1. The van der Waals surface area contributed by atoms with Crippen molar-refractivity contribution in [3.63, 3.8) is 0 Å². The van der Waals surface area contributed by atoms with Gasteiger partial charge in [0, 0.05) is 88.2 Å². The number of hydrogen-bond donors (Lipinski definition) is 3. The standard InChI is InChI=1S/C42H52N4O4/c1-6-24-14-23-15-32-38-27(12-13-46(20-23)40(24)32)28-18-36(49-4)29(17-35(28)44-38)30-16-33-25(7-2)21-45(3)37(42(33,22-47)41(48)50-5)19-31-26-10-8-9-11-34(26)43-39(30)31/h7-11,17-18,23-24,30,32-33,37,40,43-44,47H,6,12-16,19-22H2,1-5H3/t23-,24+,30+,32+,33+,37+,40+,42+/m1/s1. The number of likely N-dealkylation sites (N-methyl/N-ethyl adjacent to an activating group) is 1. The number of hydrogen-bond acceptors (Lipinski definition) is 6. The van der Waals surface area contributed by atoms with Crippen molar-refractivity contribution in [2.75, 3.05) is 47.5 Å². The number of likely N-dealkylation sites (tertiary alicyclic amines) is 1. The molecular weight excluding hydrogens is 624 g/mol. The summed E-state index contributed by atoms with van der Waals surface area (Å²) in [5.41, 5.74) is 8.77. The largest absolute Gasteiger partial charge is 0.496 e. The minimum atomic E-state index is -1.11. The fourth-order valence-electron chi connectivity index (χ4n) is 12.0. The number of ether oxygens (including phenoxy) is 2. The summed E-state index contributed by atoms with van der Waals surface area (Å²) >= 11 is 0. The maximum atomic E-state index is 14.1. The van der Waals surface area contributed by atoms with Gasteiger partial charge >= 0.3 is 5.97 Å². The molecular formula is C42H52N4O4. The molecule has 10 rings (SSSR count). The second-order valence-corrected chi connectivity index (χ2v) is 16.1. The third-order valence-corrected chi connectivity index (χ3v) is 14.1. The van der Waals surface area contributed by atoms with Crippen LogP contribution in [0.15, 0.2) is 48.0 Å². The van der Waals surface area contributed by atoms with Gasteiger partial charge in [0.2, 0.25) is 0 Å². The molecule has 4 fully saturated rings. The molecule has 4 aromatic rings. The van der Waals surface area contributed by atoms with E-state index in [2.05, 4.69) is 83.1 Å². The van der Waals surface area contributed by atoms with Gasteiger partial charge in [-0.25, -0.2) is 0 Å². The number of methoxy groups -OCH3 is 2. The predicted molar refractivity (Wildman–Crippen MR) is 197 cm³/mol. The molecule has 264 valence electrons. The third-order valence-electron chi connectivity index (χ3n) is 14.1. The van der Waals surface area contributed by atoms with Gasteiger partial charge in [0.15, 0.2) is 0 Å². The van der Waals surface area contributed by atoms with Crippen LogP contribution in [0.3, 0.4) is 0 Å². The van der Waals surface area contributed by atoms with Gasteiger partial charge in [-0.1, -0.05) is 43.2 Å². The number of carbonyl (C=O) groups excluding carboxylic acids is 1. The number of aliphatic hydroxyl groups is 1. The summed E-state index contributed by atoms with van der Waals surface area (Å²) in [5, 5.41) is 13.8. The summed E-state index contributed by atoms with van der Waals surface area (Å²) in [4.78, 5) is 27.1. The highest BCUT2D eigenvalue weighted by Crippen LogP contribution is 2.55. The zero-order valence-corrected chi connectivity index (χ0v) is 30.2. The van der Waals surface area contributed by atoms with E-state index in [9.17, 15) is 9.90 Å². The molecule has 9 atom stereocenters. The fraction of sp³-hybridized carbons (Fsp3) is 0.548. The van der Waals surface area contributed by atoms with E-state index in [1.807, 2.05) is 0 Å². The monoisotopic (exact) mass is 676 g/mol. The Kier molecular flexibility index (Phi) is 7.75. The number of fused-ring (bicyclic) bond motifs is 9. The summed E-state index contributed by atoms with van der Waals surface area (Å²) in [6.45, 7) is 7.29. The molecule has 2 aromatic carbocycles. The van der Waals surface area contributed by atoms with E-state index in [4.69, 9.17) is 9.47 Å². The first-order chi connectivity index (χ1) is 24.3. The van der Waals surface area contributed by atoms with E-state index in [1.54, 1.807) is 7.11 Å². The molecule has 2 aliphatic carbocycles. The zero-order chi connectivity index (χ0) is 34.5. The zero-order valence-electron chi connectivity index (χ0n) is 30.2. The molecule has 0 radical (unpaired) electrons. The fourth-order valence-corrected chi connectivity index (χ4v) is 12.0. The van der Waals surface area contributed by atoms with Crippen LogP contribution in [0.25, 0.3) is 21.8 Å². The Morgan fingerprint density at radius 2 is 1.88 bits per heavy atom. The molecule has 6 aliphatic rings. The molecule has 6 bridgehead atoms. The number of rotatable bonds is 5. The highest BCUT2D eigenvalue weighted by molar-refractivity contribution is 5.89. The van der Waals surface area contributed by atoms with Crippen LogP contribution in [0.1, 0.15) is 79.4 Å². The predicted octanol–water partition coefficient (Wildman–Crippen LogP) is 6.52. The van der Waals surface area contributed by atoms with Crippen molar-refractivity contribution in [2.45, 2.75) is 76.3 Å². The first-order valence-electron chi connectivity index (χ1n) is 18.9. The smallest absolute Gasteiger partial charge is 0.316 e. The summed E-state index contributed by atoms with van der Waals surface area (Å²) in [6, 6.07) is 13.6. The number of nitrogens with zero attached hydrogens (tertiary/aromatic N) is 2. The van der Waals surface area contributed by atoms with Crippen molar-refractivity contribution < 1.29 is 19.4 Å². The van der Waals surface area contributed by atoms with Crippen LogP contribution in [-0.2, 0) is 22.4 Å². The van der Waals surface area contributed by atoms with Crippen molar-refractivity contribution in [3.05, 3.63) is 76.1 Å². The maximum absolute atomic E-state index is 14.1. The highest BCUT2D eigenvalue weighted by atomic mass is 16.5. The Morgan fingerprint density at radius 1 is 1.06 bits per heavy atom. The summed E-state index contributed by atoms with van der Waals surface area (Å²) in [6.07, 6.45) is 8.39. The van der Waals surface area contributed by atoms with Gasteiger partial charge in [0.05, 0.1) is 20.8 Å². The number of allylic oxidation sites excluding steroid dienone is 1. The summed E-state index contributed by atoms with van der Waals surface area (Å²) in [7, 11) is 5.34. The summed E-state index contributed by atoms with van der Waals surface area (Å²) < 4.78 is 11.9. The van der Waals surface area contributed by atoms with Crippen LogP contribution in [0, 0.1) is 23.2 Å². The highest BCUT2D eigenvalue weighted by Gasteiger charge is 2.59. The lowest BCUT2D eigenvalue weighted by Gasteiger charge is -2.53. The van der Waals surface area contributed by atoms with Crippen LogP contribution in [-0.4, -0.2) is 90.4 Å². The lowest BCUT2D eigenvalue weighted by atomic mass is 9.58. The van der Waals surface area contributed by atoms with Crippen LogP contribution in [0.5, 0.6) is 5.75 Å². The van der Waals surface area contributed by atoms with Gasteiger partial charge in [0.1, 0.15) is 11.2 Å². The normalized spacial score (nSPS) is 34.2. The lowest BCUT2D eigenvalue weighted by Crippen LogP contribution is -2.63. The van der Waals surface area contributed by atoms with Gasteiger partial charge in [-0.05, 0) is 87.2 Å². The van der Waals surface area contributed by atoms with Gasteiger partial charge in [-0.3, -0.25) is 14.6 Å². The minimum absolute atomic E-state index is 0.106. The third kappa shape index (κ3) is 4.43. The van der Waals surface area contributed by atoms with Crippen LogP contribution in [0.2, 0.25) is 0 Å². The van der Waals surface area contributed by atoms with Gasteiger partial charge < -0.3 is 24.5 Å². The maximum Gasteiger partial charge on any atom is 0.316 e. The van der Waals surface area contributed by atoms with Crippen molar-refractivity contribution in [1.82, 2.24) is 19.8 Å². The molecule has 0 amide bonds. The second kappa shape index (κ2) is 12.0. The molecule has 4 aliphatic heterocycles. The molecule has 3 N–H and O–H groups in total. The van der Waals surface area contributed by atoms with Crippen molar-refractivity contribution >= 4 is 27.8 Å². The Morgan fingerprint density at radius 3 is 2.64 bits per heavy atom. The van der Waals surface area contributed by atoms with E-state index >= 15 is 0 Å². The summed E-state index contributed by atoms with van der Waals surface area (Å²) in [5.74, 6) is 2.33. The van der Waals surface area contributed by atoms with Gasteiger partial charge in [0.25, 0.3) is 0 Å². The molecule has 8 nitrogen and oxygen atoms in total. The number of aromatic nitrogens is 2. The van der Waals surface area contributed by atoms with Crippen molar-refractivity contribution in [2.24, 2.45) is 23.2 Å². The molecule has 1 unspecified atom stereocenters. The number of nitrogens with one attached hydrogen (secondary N) is 2. The molecule has 1 saturated carbocycles. The second-order valence-electron chi connectivity index (χ2n) is 16.1. The van der Waals surface area contributed by atoms with Crippen molar-refractivity contribution in [1.29, 1.82) is 0 Å². The van der Waals surface area contributed by atoms with Crippen molar-refractivity contribution in [3.8, 4) is 5.75 Å². The van der Waals surface area contributed by atoms with Crippen LogP contribution >= 0.6 is 0 Å². The first kappa shape index (κ1) is 32.3. The first-order valence-corrected chi connectivity index (χ1v) is 18.9. The molecule has 50 heavy (non-hydrogen) atoms. The topological polar surface area (TPSA) is 93.8 Å². The van der Waals surface area contributed by atoms with Gasteiger partial charge in [-0.15, -0.1) is 0 Å². The number of para-hydroxylation sites is 1. The van der Waals surface area contributed by atoms with Crippen LogP contribution < -0.4 is 4.74 Å². The molecule has 0 spiro atoms. The average molecular weight is 677 g/mol. The van der Waals surface area contributed by atoms with E-state index in [1.165, 1.54) is 77.3 Å². The SMILES string of the molecule is CC=C1CN(C)[C@H]2Cc3c([nH]c4ccccc34)[C@H](c3cc4[nH]c5c(c4cc3OC)CCN3C[C@@H]4C[C@H](CC)[C@H]3[C@H]5C4)C[C@@H]1[C@]2(CO)C(=O)OC. The minimum Gasteiger partial charge on any atom is -0.496 e. The number of esters is 1. The quantitative estimate of drug-likeness (QED) is 0.165. The van der Waals surface area contributed by atoms with E-state index in [0.717, 1.165) is 48.2 Å². The molecule has 8 heteroatoms. The Balaban J connectivity index is 1.25. The lowest BCUT2D eigenvalue weighted by molar-refractivity contribution is -0.169. The number of piperidine rings is 3. The molecule has 3 saturated heterocycles.